The third kappa shape index (κ3) is 4.26. The van der Waals surface area contributed by atoms with E-state index in [2.05, 4.69) is 0 Å². The van der Waals surface area contributed by atoms with Crippen molar-refractivity contribution in [1.82, 2.24) is 5.32 Å². The zero-order chi connectivity index (χ0) is 9.56. The molecule has 0 radical (unpaired) electrons. The number of rotatable bonds is 6. The Morgan fingerprint density at radius 1 is 1.42 bits per heavy atom. The monoisotopic (exact) mass is 173 g/mol. The Kier molecular flexibility index (Phi) is 4.43. The molecule has 1 atom stereocenters. The molecular weight excluding hydrogens is 166 g/mol. The van der Waals surface area contributed by atoms with Gasteiger partial charge in [-0.05, 0) is 12.8 Å². The minimum Gasteiger partial charge on any atom is -0.550 e. The Morgan fingerprint density at radius 3 is 2.33 bits per heavy atom. The average Bonchev–Trinajstić information content (AvgIpc) is 1.96. The lowest BCUT2D eigenvalue weighted by Crippen LogP contribution is -2.45. The number of carbonyl (C=O) groups excluding carboxylic acids is 3. The van der Waals surface area contributed by atoms with Gasteiger partial charge >= 0.3 is 0 Å². The minimum absolute atomic E-state index is 0.176. The van der Waals surface area contributed by atoms with Gasteiger partial charge in [-0.1, -0.05) is 0 Å². The lowest BCUT2D eigenvalue weighted by atomic mass is 10.1. The maximum atomic E-state index is 10.2. The number of hydrogen-bond acceptors (Lipinski definition) is 5. The highest BCUT2D eigenvalue weighted by molar-refractivity contribution is 5.75. The Labute approximate surface area is 68.2 Å². The summed E-state index contributed by atoms with van der Waals surface area (Å²) in [6.07, 6.45) is -0.487. The second kappa shape index (κ2) is 5.11. The lowest BCUT2D eigenvalue weighted by molar-refractivity contribution is -0.310. The molecule has 0 saturated heterocycles. The number of amides is 1. The van der Waals surface area contributed by atoms with Gasteiger partial charge in [0.2, 0.25) is 6.41 Å². The van der Waals surface area contributed by atoms with Crippen LogP contribution < -0.4 is 15.5 Å². The summed E-state index contributed by atoms with van der Waals surface area (Å²) in [4.78, 5) is 29.8. The molecule has 68 valence electrons. The fourth-order valence-corrected chi connectivity index (χ4v) is 0.614. The summed E-state index contributed by atoms with van der Waals surface area (Å²) in [6.45, 7) is 0. The van der Waals surface area contributed by atoms with Gasteiger partial charge in [-0.2, -0.15) is 0 Å². The minimum atomic E-state index is -1.51. The lowest BCUT2D eigenvalue weighted by Gasteiger charge is -2.16. The van der Waals surface area contributed by atoms with Crippen molar-refractivity contribution in [3.8, 4) is 0 Å². The van der Waals surface area contributed by atoms with Crippen LogP contribution >= 0.6 is 0 Å². The van der Waals surface area contributed by atoms with Gasteiger partial charge in [0.25, 0.3) is 0 Å². The van der Waals surface area contributed by atoms with Crippen LogP contribution in [0.1, 0.15) is 12.8 Å². The predicted octanol–water partition coefficient (Wildman–Crippen LogP) is -3.62. The van der Waals surface area contributed by atoms with E-state index in [1.807, 2.05) is 5.32 Å². The van der Waals surface area contributed by atoms with Crippen LogP contribution in [0, 0.1) is 0 Å². The zero-order valence-electron chi connectivity index (χ0n) is 6.11. The molecule has 0 aromatic heterocycles. The summed E-state index contributed by atoms with van der Waals surface area (Å²) in [6, 6.07) is -1.26. The first kappa shape index (κ1) is 10.4. The van der Waals surface area contributed by atoms with Crippen molar-refractivity contribution < 1.29 is 24.6 Å². The number of carbonyl (C=O) groups is 3. The van der Waals surface area contributed by atoms with E-state index in [4.69, 9.17) is 0 Å². The molecule has 0 spiro atoms. The molecule has 1 amide bonds. The molecule has 0 aliphatic carbocycles. The van der Waals surface area contributed by atoms with Crippen LogP contribution in [-0.4, -0.2) is 24.4 Å². The van der Waals surface area contributed by atoms with Crippen LogP contribution in [-0.2, 0) is 14.4 Å². The molecule has 0 heterocycles. The smallest absolute Gasteiger partial charge is 0.207 e. The molecule has 0 bridgehead atoms. The van der Waals surface area contributed by atoms with E-state index >= 15 is 0 Å². The fraction of sp³-hybridized carbons (Fsp3) is 0.500. The van der Waals surface area contributed by atoms with Crippen molar-refractivity contribution in [2.45, 2.75) is 18.9 Å². The number of nitrogens with one attached hydrogen (secondary N) is 1. The Hall–Kier alpha value is -1.59. The quantitative estimate of drug-likeness (QED) is 0.417. The van der Waals surface area contributed by atoms with Gasteiger partial charge in [-0.15, -0.1) is 0 Å². The van der Waals surface area contributed by atoms with Crippen molar-refractivity contribution in [2.24, 2.45) is 0 Å². The second-order valence-corrected chi connectivity index (χ2v) is 2.07. The largest absolute Gasteiger partial charge is 0.550 e. The highest BCUT2D eigenvalue weighted by Crippen LogP contribution is 1.93. The molecule has 0 rings (SSSR count). The van der Waals surface area contributed by atoms with E-state index in [0.717, 1.165) is 0 Å². The molecule has 6 heteroatoms. The van der Waals surface area contributed by atoms with E-state index in [-0.39, 0.29) is 12.8 Å². The van der Waals surface area contributed by atoms with Crippen molar-refractivity contribution in [3.05, 3.63) is 0 Å². The van der Waals surface area contributed by atoms with Gasteiger partial charge in [0.1, 0.15) is 0 Å². The highest BCUT2D eigenvalue weighted by atomic mass is 16.4. The molecule has 0 aliphatic heterocycles. The maximum absolute atomic E-state index is 10.2. The predicted molar refractivity (Wildman–Crippen MR) is 32.2 cm³/mol. The highest BCUT2D eigenvalue weighted by Gasteiger charge is 2.07. The summed E-state index contributed by atoms with van der Waals surface area (Å²) < 4.78 is 0. The average molecular weight is 173 g/mol. The maximum Gasteiger partial charge on any atom is 0.207 e. The molecule has 0 fully saturated rings. The first-order chi connectivity index (χ1) is 5.57. The number of carboxylic acids is 2. The molecule has 0 aromatic carbocycles. The van der Waals surface area contributed by atoms with E-state index in [1.54, 1.807) is 0 Å². The van der Waals surface area contributed by atoms with Crippen molar-refractivity contribution in [2.75, 3.05) is 0 Å². The Morgan fingerprint density at radius 2 is 2.00 bits per heavy atom. The third-order valence-electron chi connectivity index (χ3n) is 1.19. The van der Waals surface area contributed by atoms with Crippen LogP contribution in [0.15, 0.2) is 0 Å². The van der Waals surface area contributed by atoms with Crippen LogP contribution in [0.2, 0.25) is 0 Å². The van der Waals surface area contributed by atoms with E-state index in [1.165, 1.54) is 0 Å². The first-order valence-corrected chi connectivity index (χ1v) is 3.18. The normalized spacial score (nSPS) is 11.7. The zero-order valence-corrected chi connectivity index (χ0v) is 6.11. The second-order valence-electron chi connectivity index (χ2n) is 2.07. The van der Waals surface area contributed by atoms with Gasteiger partial charge < -0.3 is 25.1 Å². The van der Waals surface area contributed by atoms with E-state index in [0.29, 0.717) is 0 Å². The van der Waals surface area contributed by atoms with E-state index < -0.39 is 24.4 Å². The topological polar surface area (TPSA) is 109 Å². The van der Waals surface area contributed by atoms with Crippen LogP contribution in [0.3, 0.4) is 0 Å². The summed E-state index contributed by atoms with van der Waals surface area (Å²) in [7, 11) is 0. The Balaban J connectivity index is 3.86. The summed E-state index contributed by atoms with van der Waals surface area (Å²) >= 11 is 0. The van der Waals surface area contributed by atoms with Gasteiger partial charge in [-0.3, -0.25) is 4.79 Å². The van der Waals surface area contributed by atoms with E-state index in [9.17, 15) is 24.6 Å². The van der Waals surface area contributed by atoms with Crippen LogP contribution in [0.25, 0.3) is 0 Å². The number of aliphatic carboxylic acids is 2. The summed E-state index contributed by atoms with van der Waals surface area (Å²) in [5.74, 6) is -2.88. The van der Waals surface area contributed by atoms with Crippen LogP contribution in [0.4, 0.5) is 0 Å². The number of carboxylic acid groups (broad SMARTS) is 2. The summed E-state index contributed by atoms with van der Waals surface area (Å²) in [5.41, 5.74) is 0. The molecule has 0 aliphatic rings. The van der Waals surface area contributed by atoms with Gasteiger partial charge in [0, 0.05) is 5.97 Å². The summed E-state index contributed by atoms with van der Waals surface area (Å²) in [5, 5.41) is 21.9. The number of hydrogen-bond donors (Lipinski definition) is 1. The fourth-order valence-electron chi connectivity index (χ4n) is 0.614. The SMILES string of the molecule is O=CN[C@@H](CCC(=O)[O-])C(=O)[O-]. The molecule has 0 saturated carbocycles. The molecule has 1 N–H and O–H groups in total. The van der Waals surface area contributed by atoms with Crippen molar-refractivity contribution in [3.63, 3.8) is 0 Å². The van der Waals surface area contributed by atoms with Gasteiger partial charge in [0.05, 0.1) is 12.0 Å². The standard InChI is InChI=1S/C6H9NO5/c8-3-7-4(6(11)12)1-2-5(9)10/h3-4H,1-2H2,(H,7,8)(H,9,10)(H,11,12)/p-2/t4-/m0/s1. The van der Waals surface area contributed by atoms with Crippen molar-refractivity contribution in [1.29, 1.82) is 0 Å². The van der Waals surface area contributed by atoms with Crippen LogP contribution in [0.5, 0.6) is 0 Å². The molecule has 6 nitrogen and oxygen atoms in total. The van der Waals surface area contributed by atoms with Crippen molar-refractivity contribution >= 4 is 18.3 Å². The van der Waals surface area contributed by atoms with Gasteiger partial charge in [-0.25, -0.2) is 0 Å². The molecule has 0 unspecified atom stereocenters. The Bertz CT molecular complexity index is 190. The molecule has 0 aromatic rings. The third-order valence-corrected chi connectivity index (χ3v) is 1.19. The molecular formula is C6H7NO5-2. The first-order valence-electron chi connectivity index (χ1n) is 3.18. The molecule has 12 heavy (non-hydrogen) atoms. The van der Waals surface area contributed by atoms with Gasteiger partial charge in [0.15, 0.2) is 0 Å².